The molecule has 0 rings (SSSR count). The van der Waals surface area contributed by atoms with Crippen LogP contribution in [-0.4, -0.2) is 74.9 Å². The number of unbranched alkanes of at least 4 members (excludes halogenated alkanes) is 26. The molecule has 0 aromatic rings. The summed E-state index contributed by atoms with van der Waals surface area (Å²) in [5.74, 6) is -0.788. The summed E-state index contributed by atoms with van der Waals surface area (Å²) < 4.78 is 34.3. The van der Waals surface area contributed by atoms with Gasteiger partial charge in [-0.25, -0.2) is 4.57 Å². The van der Waals surface area contributed by atoms with E-state index in [1.165, 1.54) is 141 Å². The van der Waals surface area contributed by atoms with E-state index in [0.29, 0.717) is 23.9 Å². The highest BCUT2D eigenvalue weighted by molar-refractivity contribution is 7.47. The molecule has 0 aliphatic carbocycles. The van der Waals surface area contributed by atoms with Crippen LogP contribution in [0.25, 0.3) is 0 Å². The first-order chi connectivity index (χ1) is 26.0. The summed E-state index contributed by atoms with van der Waals surface area (Å²) in [5.41, 5.74) is 0. The number of nitrogens with zero attached hydrogens (tertiary/aromatic N) is 1. The quantitative estimate of drug-likeness (QED) is 0.0214. The van der Waals surface area contributed by atoms with E-state index in [1.807, 2.05) is 21.1 Å². The summed E-state index contributed by atoms with van der Waals surface area (Å²) >= 11 is 0. The van der Waals surface area contributed by atoms with Crippen molar-refractivity contribution in [2.45, 2.75) is 213 Å². The van der Waals surface area contributed by atoms with Crippen molar-refractivity contribution in [1.29, 1.82) is 0 Å². The van der Waals surface area contributed by atoms with Crippen LogP contribution in [0.2, 0.25) is 0 Å². The lowest BCUT2D eigenvalue weighted by molar-refractivity contribution is -0.870. The summed E-state index contributed by atoms with van der Waals surface area (Å²) in [4.78, 5) is 35.4. The fraction of sp³-hybridized carbons (Fsp3) is 0.909. The number of rotatable bonds is 41. The number of allylic oxidation sites excluding steroid dienone is 2. The van der Waals surface area contributed by atoms with E-state index < -0.39 is 26.5 Å². The van der Waals surface area contributed by atoms with Crippen LogP contribution in [0.5, 0.6) is 0 Å². The van der Waals surface area contributed by atoms with Gasteiger partial charge in [-0.1, -0.05) is 173 Å². The first-order valence-electron chi connectivity index (χ1n) is 22.4. The minimum Gasteiger partial charge on any atom is -0.462 e. The monoisotopic (exact) mass is 789 g/mol. The molecule has 0 spiro atoms. The van der Waals surface area contributed by atoms with Crippen LogP contribution in [0.15, 0.2) is 12.2 Å². The molecule has 0 bridgehead atoms. The molecule has 0 radical (unpaired) electrons. The van der Waals surface area contributed by atoms with Crippen molar-refractivity contribution in [3.8, 4) is 0 Å². The molecule has 0 fully saturated rings. The van der Waals surface area contributed by atoms with Gasteiger partial charge in [0, 0.05) is 12.8 Å². The lowest BCUT2D eigenvalue weighted by atomic mass is 10.0. The third-order valence-corrected chi connectivity index (χ3v) is 10.9. The second-order valence-corrected chi connectivity index (χ2v) is 17.9. The molecule has 1 unspecified atom stereocenters. The molecule has 0 saturated carbocycles. The maximum atomic E-state index is 12.7. The van der Waals surface area contributed by atoms with Gasteiger partial charge >= 0.3 is 19.8 Å². The van der Waals surface area contributed by atoms with Gasteiger partial charge in [-0.05, 0) is 32.6 Å². The summed E-state index contributed by atoms with van der Waals surface area (Å²) in [5, 5.41) is 0. The topological polar surface area (TPSA) is 108 Å². The Bertz CT molecular complexity index is 938. The predicted octanol–water partition coefficient (Wildman–Crippen LogP) is 12.6. The molecule has 0 aromatic heterocycles. The Labute approximate surface area is 333 Å². The van der Waals surface area contributed by atoms with Gasteiger partial charge in [0.25, 0.3) is 0 Å². The number of ether oxygens (including phenoxy) is 2. The smallest absolute Gasteiger partial charge is 0.462 e. The molecule has 1 N–H and O–H groups in total. The number of phosphoric ester groups is 1. The lowest BCUT2D eigenvalue weighted by Crippen LogP contribution is -2.37. The second-order valence-electron chi connectivity index (χ2n) is 16.5. The molecule has 320 valence electrons. The molecule has 0 aliphatic rings. The van der Waals surface area contributed by atoms with Crippen molar-refractivity contribution in [3.05, 3.63) is 12.2 Å². The number of carbonyl (C=O) groups is 2. The Morgan fingerprint density at radius 3 is 1.43 bits per heavy atom. The normalized spacial score (nSPS) is 13.7. The van der Waals surface area contributed by atoms with Gasteiger partial charge in [-0.2, -0.15) is 0 Å². The van der Waals surface area contributed by atoms with Crippen LogP contribution >= 0.6 is 7.82 Å². The number of hydrogen-bond donors (Lipinski definition) is 1. The van der Waals surface area contributed by atoms with Crippen LogP contribution in [-0.2, 0) is 32.7 Å². The summed E-state index contributed by atoms with van der Waals surface area (Å²) in [7, 11) is 1.49. The van der Waals surface area contributed by atoms with E-state index in [9.17, 15) is 19.0 Å². The number of esters is 2. The third-order valence-electron chi connectivity index (χ3n) is 9.89. The maximum Gasteiger partial charge on any atom is 0.472 e. The van der Waals surface area contributed by atoms with Crippen molar-refractivity contribution in [2.75, 3.05) is 47.5 Å². The van der Waals surface area contributed by atoms with Gasteiger partial charge in [0.15, 0.2) is 6.10 Å². The van der Waals surface area contributed by atoms with Crippen LogP contribution in [0, 0.1) is 0 Å². The Kier molecular flexibility index (Phi) is 36.5. The van der Waals surface area contributed by atoms with Crippen molar-refractivity contribution in [2.24, 2.45) is 0 Å². The van der Waals surface area contributed by atoms with Crippen molar-refractivity contribution in [3.63, 3.8) is 0 Å². The van der Waals surface area contributed by atoms with Gasteiger partial charge < -0.3 is 18.9 Å². The minimum atomic E-state index is -4.37. The second kappa shape index (κ2) is 37.3. The van der Waals surface area contributed by atoms with Gasteiger partial charge in [0.05, 0.1) is 27.7 Å². The molecule has 0 saturated heterocycles. The van der Waals surface area contributed by atoms with Crippen LogP contribution < -0.4 is 0 Å². The van der Waals surface area contributed by atoms with Crippen LogP contribution in [0.3, 0.4) is 0 Å². The fourth-order valence-electron chi connectivity index (χ4n) is 6.37. The number of hydrogen-bond acceptors (Lipinski definition) is 7. The van der Waals surface area contributed by atoms with Crippen molar-refractivity contribution in [1.82, 2.24) is 0 Å². The van der Waals surface area contributed by atoms with E-state index in [0.717, 1.165) is 32.1 Å². The molecule has 0 aliphatic heterocycles. The van der Waals surface area contributed by atoms with Gasteiger partial charge in [0.2, 0.25) is 0 Å². The molecule has 2 atom stereocenters. The average Bonchev–Trinajstić information content (AvgIpc) is 3.12. The molecule has 54 heavy (non-hydrogen) atoms. The summed E-state index contributed by atoms with van der Waals surface area (Å²) in [6, 6.07) is 0. The van der Waals surface area contributed by atoms with Crippen molar-refractivity contribution >= 4 is 19.8 Å². The number of carbonyl (C=O) groups excluding carboxylic acids is 2. The lowest BCUT2D eigenvalue weighted by Gasteiger charge is -2.24. The van der Waals surface area contributed by atoms with Gasteiger partial charge in [-0.15, -0.1) is 0 Å². The highest BCUT2D eigenvalue weighted by Gasteiger charge is 2.27. The highest BCUT2D eigenvalue weighted by Crippen LogP contribution is 2.43. The van der Waals surface area contributed by atoms with Crippen molar-refractivity contribution < 1.29 is 42.1 Å². The number of phosphoric acid groups is 1. The first-order valence-corrected chi connectivity index (χ1v) is 23.9. The Hall–Kier alpha value is -1.25. The largest absolute Gasteiger partial charge is 0.472 e. The van der Waals surface area contributed by atoms with Gasteiger partial charge in [-0.3, -0.25) is 18.6 Å². The Morgan fingerprint density at radius 1 is 0.593 bits per heavy atom. The molecule has 10 heteroatoms. The zero-order valence-corrected chi connectivity index (χ0v) is 36.9. The third kappa shape index (κ3) is 40.4. The van der Waals surface area contributed by atoms with E-state index in [2.05, 4.69) is 26.0 Å². The number of likely N-dealkylation sites (N-methyl/N-ethyl adjacent to an activating group) is 1. The average molecular weight is 789 g/mol. The molecule has 0 amide bonds. The number of quaternary nitrogens is 1. The SMILES string of the molecule is C/C=C\CCCCCCCCCCCCCCC(=O)O[C@H](COC(=O)CCCCCCCCCCCCCCCCC)COP(=O)(O)OCC[N+](C)(C)C. The fourth-order valence-corrected chi connectivity index (χ4v) is 7.11. The van der Waals surface area contributed by atoms with E-state index in [4.69, 9.17) is 18.5 Å². The Balaban J connectivity index is 4.30. The minimum absolute atomic E-state index is 0.0351. The molecular weight excluding hydrogens is 701 g/mol. The zero-order valence-electron chi connectivity index (χ0n) is 36.0. The molecule has 0 heterocycles. The molecular formula is C44H87NO8P+. The van der Waals surface area contributed by atoms with E-state index in [1.54, 1.807) is 0 Å². The zero-order chi connectivity index (χ0) is 40.0. The summed E-state index contributed by atoms with van der Waals surface area (Å²) in [6.45, 7) is 4.27. The standard InChI is InChI=1S/C44H86NO8P/c1-6-8-10-12-14-16-18-20-22-24-26-28-30-32-34-36-43(46)50-40-42(41-52-54(48,49)51-39-38-45(3,4)5)53-44(47)37-35-33-31-29-27-25-23-21-19-17-15-13-11-9-7-2/h7,9,42H,6,8,10-41H2,1-5H3/p+1/b9-7-/t42-/m1/s1. The van der Waals surface area contributed by atoms with Gasteiger partial charge in [0.1, 0.15) is 19.8 Å². The molecule has 0 aromatic carbocycles. The van der Waals surface area contributed by atoms with Crippen LogP contribution in [0.4, 0.5) is 0 Å². The van der Waals surface area contributed by atoms with E-state index >= 15 is 0 Å². The summed E-state index contributed by atoms with van der Waals surface area (Å²) in [6.07, 6.45) is 38.3. The molecule has 9 nitrogen and oxygen atoms in total. The first kappa shape index (κ1) is 52.8. The van der Waals surface area contributed by atoms with E-state index in [-0.39, 0.29) is 25.6 Å². The predicted molar refractivity (Wildman–Crippen MR) is 224 cm³/mol. The van der Waals surface area contributed by atoms with Crippen LogP contribution in [0.1, 0.15) is 206 Å². The highest BCUT2D eigenvalue weighted by atomic mass is 31.2. The maximum absolute atomic E-state index is 12.7. The Morgan fingerprint density at radius 2 is 1.00 bits per heavy atom.